The summed E-state index contributed by atoms with van der Waals surface area (Å²) in [4.78, 5) is 0. The van der Waals surface area contributed by atoms with Gasteiger partial charge in [0, 0.05) is 20.2 Å². The fourth-order valence-corrected chi connectivity index (χ4v) is 2.80. The fraction of sp³-hybridized carbons (Fsp3) is 1.00. The molecule has 0 aromatic heterocycles. The summed E-state index contributed by atoms with van der Waals surface area (Å²) < 4.78 is 29.6. The summed E-state index contributed by atoms with van der Waals surface area (Å²) in [6.07, 6.45) is 2.04. The second-order valence-corrected chi connectivity index (χ2v) is 6.25. The Morgan fingerprint density at radius 1 is 1.43 bits per heavy atom. The van der Waals surface area contributed by atoms with E-state index in [9.17, 15) is 8.42 Å². The van der Waals surface area contributed by atoms with Gasteiger partial charge in [0.25, 0.3) is 0 Å². The van der Waals surface area contributed by atoms with Crippen LogP contribution < -0.4 is 0 Å². The molecule has 1 fully saturated rings. The Bertz CT molecular complexity index is 299. The maximum absolute atomic E-state index is 11.3. The Labute approximate surface area is 86.3 Å². The number of sulfonamides is 1. The van der Waals surface area contributed by atoms with Gasteiger partial charge in [0.05, 0.1) is 11.9 Å². The maximum Gasteiger partial charge on any atom is 0.211 e. The second-order valence-electron chi connectivity index (χ2n) is 4.27. The van der Waals surface area contributed by atoms with Crippen LogP contribution in [-0.2, 0) is 14.8 Å². The molecule has 14 heavy (non-hydrogen) atoms. The van der Waals surface area contributed by atoms with Crippen molar-refractivity contribution in [3.8, 4) is 0 Å². The molecule has 0 spiro atoms. The first-order chi connectivity index (χ1) is 6.32. The van der Waals surface area contributed by atoms with Crippen molar-refractivity contribution >= 4 is 10.0 Å². The van der Waals surface area contributed by atoms with Gasteiger partial charge in [-0.2, -0.15) is 4.31 Å². The van der Waals surface area contributed by atoms with Gasteiger partial charge in [-0.1, -0.05) is 13.8 Å². The minimum Gasteiger partial charge on any atom is -0.377 e. The highest BCUT2D eigenvalue weighted by atomic mass is 32.2. The van der Waals surface area contributed by atoms with Crippen LogP contribution in [0.5, 0.6) is 0 Å². The van der Waals surface area contributed by atoms with E-state index in [0.29, 0.717) is 19.0 Å². The molecule has 1 aliphatic heterocycles. The van der Waals surface area contributed by atoms with Crippen molar-refractivity contribution in [3.05, 3.63) is 0 Å². The average molecular weight is 221 g/mol. The molecule has 84 valence electrons. The van der Waals surface area contributed by atoms with E-state index in [2.05, 4.69) is 13.8 Å². The van der Waals surface area contributed by atoms with Crippen molar-refractivity contribution in [2.75, 3.05) is 26.5 Å². The van der Waals surface area contributed by atoms with Crippen LogP contribution in [0.3, 0.4) is 0 Å². The van der Waals surface area contributed by atoms with Gasteiger partial charge in [-0.05, 0) is 12.3 Å². The molecule has 5 heteroatoms. The fourth-order valence-electron chi connectivity index (χ4n) is 1.93. The topological polar surface area (TPSA) is 46.6 Å². The van der Waals surface area contributed by atoms with E-state index in [-0.39, 0.29) is 5.60 Å². The molecule has 1 rings (SSSR count). The van der Waals surface area contributed by atoms with E-state index >= 15 is 0 Å². The Morgan fingerprint density at radius 2 is 2.00 bits per heavy atom. The number of rotatable bonds is 3. The van der Waals surface area contributed by atoms with Crippen LogP contribution in [0.15, 0.2) is 0 Å². The lowest BCUT2D eigenvalue weighted by atomic mass is 9.89. The lowest BCUT2D eigenvalue weighted by Gasteiger charge is -2.31. The Balaban J connectivity index is 2.82. The minimum absolute atomic E-state index is 0.289. The van der Waals surface area contributed by atoms with Crippen LogP contribution in [0.2, 0.25) is 0 Å². The third kappa shape index (κ3) is 2.10. The number of ether oxygens (including phenoxy) is 1. The SMILES string of the molecule is COC1(C(C)C)CCN(S(C)(=O)=O)C1. The van der Waals surface area contributed by atoms with Crippen LogP contribution in [0.1, 0.15) is 20.3 Å². The average Bonchev–Trinajstić information content (AvgIpc) is 2.47. The van der Waals surface area contributed by atoms with Crippen LogP contribution in [0.4, 0.5) is 0 Å². The van der Waals surface area contributed by atoms with Gasteiger partial charge in [-0.3, -0.25) is 0 Å². The quantitative estimate of drug-likeness (QED) is 0.704. The molecule has 0 amide bonds. The monoisotopic (exact) mass is 221 g/mol. The van der Waals surface area contributed by atoms with Crippen LogP contribution >= 0.6 is 0 Å². The molecule has 0 radical (unpaired) electrons. The summed E-state index contributed by atoms with van der Waals surface area (Å²) in [7, 11) is -1.41. The molecule has 1 heterocycles. The third-order valence-corrected chi connectivity index (χ3v) is 4.41. The molecule has 0 aromatic carbocycles. The summed E-state index contributed by atoms with van der Waals surface area (Å²) in [5, 5.41) is 0. The lowest BCUT2D eigenvalue weighted by molar-refractivity contribution is -0.0342. The van der Waals surface area contributed by atoms with Gasteiger partial charge in [0.15, 0.2) is 0 Å². The highest BCUT2D eigenvalue weighted by Gasteiger charge is 2.43. The van der Waals surface area contributed by atoms with Crippen molar-refractivity contribution in [2.45, 2.75) is 25.9 Å². The van der Waals surface area contributed by atoms with Crippen molar-refractivity contribution in [2.24, 2.45) is 5.92 Å². The van der Waals surface area contributed by atoms with Gasteiger partial charge < -0.3 is 4.74 Å². The number of hydrogen-bond donors (Lipinski definition) is 0. The molecule has 0 saturated carbocycles. The van der Waals surface area contributed by atoms with Crippen LogP contribution in [0.25, 0.3) is 0 Å². The minimum atomic E-state index is -3.06. The van der Waals surface area contributed by atoms with Crippen LogP contribution in [0, 0.1) is 5.92 Å². The third-order valence-electron chi connectivity index (χ3n) is 3.16. The van der Waals surface area contributed by atoms with E-state index in [1.165, 1.54) is 10.6 Å². The molecule has 1 unspecified atom stereocenters. The molecular weight excluding hydrogens is 202 g/mol. The summed E-state index contributed by atoms with van der Waals surface area (Å²) in [5.41, 5.74) is -0.289. The van der Waals surface area contributed by atoms with Crippen molar-refractivity contribution < 1.29 is 13.2 Å². The number of nitrogens with zero attached hydrogens (tertiary/aromatic N) is 1. The van der Waals surface area contributed by atoms with Crippen molar-refractivity contribution in [1.82, 2.24) is 4.31 Å². The highest BCUT2D eigenvalue weighted by Crippen LogP contribution is 2.33. The first kappa shape index (κ1) is 11.9. The van der Waals surface area contributed by atoms with Crippen molar-refractivity contribution in [3.63, 3.8) is 0 Å². The zero-order valence-electron chi connectivity index (χ0n) is 9.28. The smallest absolute Gasteiger partial charge is 0.211 e. The maximum atomic E-state index is 11.3. The van der Waals surface area contributed by atoms with Gasteiger partial charge in [0.1, 0.15) is 0 Å². The van der Waals surface area contributed by atoms with E-state index in [4.69, 9.17) is 4.74 Å². The summed E-state index contributed by atoms with van der Waals surface area (Å²) in [5.74, 6) is 0.333. The Morgan fingerprint density at radius 3 is 2.21 bits per heavy atom. The van der Waals surface area contributed by atoms with E-state index in [0.717, 1.165) is 6.42 Å². The lowest BCUT2D eigenvalue weighted by Crippen LogP contribution is -2.41. The zero-order chi connectivity index (χ0) is 11.0. The molecule has 0 bridgehead atoms. The van der Waals surface area contributed by atoms with E-state index in [1.807, 2.05) is 0 Å². The van der Waals surface area contributed by atoms with Gasteiger partial charge in [-0.25, -0.2) is 8.42 Å². The standard InChI is InChI=1S/C9H19NO3S/c1-8(2)9(13-3)5-6-10(7-9)14(4,11)12/h8H,5-7H2,1-4H3. The molecule has 1 atom stereocenters. The number of hydrogen-bond acceptors (Lipinski definition) is 3. The van der Waals surface area contributed by atoms with Crippen molar-refractivity contribution in [1.29, 1.82) is 0 Å². The zero-order valence-corrected chi connectivity index (χ0v) is 10.1. The van der Waals surface area contributed by atoms with E-state index < -0.39 is 10.0 Å². The van der Waals surface area contributed by atoms with Gasteiger partial charge in [0.2, 0.25) is 10.0 Å². The Kier molecular flexibility index (Phi) is 3.23. The van der Waals surface area contributed by atoms with Gasteiger partial charge >= 0.3 is 0 Å². The second kappa shape index (κ2) is 3.79. The predicted molar refractivity (Wildman–Crippen MR) is 55.6 cm³/mol. The largest absolute Gasteiger partial charge is 0.377 e. The molecule has 0 aliphatic carbocycles. The number of methoxy groups -OCH3 is 1. The van der Waals surface area contributed by atoms with Crippen LogP contribution in [-0.4, -0.2) is 44.8 Å². The summed E-state index contributed by atoms with van der Waals surface area (Å²) in [6, 6.07) is 0. The predicted octanol–water partition coefficient (Wildman–Crippen LogP) is 0.693. The Hall–Kier alpha value is -0.130. The van der Waals surface area contributed by atoms with E-state index in [1.54, 1.807) is 7.11 Å². The summed E-state index contributed by atoms with van der Waals surface area (Å²) >= 11 is 0. The highest BCUT2D eigenvalue weighted by molar-refractivity contribution is 7.88. The molecule has 0 aromatic rings. The first-order valence-electron chi connectivity index (χ1n) is 4.82. The molecule has 0 N–H and O–H groups in total. The normalized spacial score (nSPS) is 30.1. The molecule has 4 nitrogen and oxygen atoms in total. The van der Waals surface area contributed by atoms with Gasteiger partial charge in [-0.15, -0.1) is 0 Å². The first-order valence-corrected chi connectivity index (χ1v) is 6.67. The molecule has 1 saturated heterocycles. The molecular formula is C9H19NO3S. The molecule has 1 aliphatic rings. The summed E-state index contributed by atoms with van der Waals surface area (Å²) in [6.45, 7) is 5.19.